The molecule has 2 N–H and O–H groups in total. The molecule has 3 rings (SSSR count). The van der Waals surface area contributed by atoms with Gasteiger partial charge in [0.2, 0.25) is 0 Å². The molecule has 3 aromatic rings. The van der Waals surface area contributed by atoms with Gasteiger partial charge in [-0.05, 0) is 43.7 Å². The average Bonchev–Trinajstić information content (AvgIpc) is 2.95. The lowest BCUT2D eigenvalue weighted by molar-refractivity contribution is 0.820. The van der Waals surface area contributed by atoms with Crippen LogP contribution in [-0.2, 0) is 6.42 Å². The topological polar surface area (TPSA) is 43.8 Å². The Balaban J connectivity index is 2.19. The van der Waals surface area contributed by atoms with Crippen LogP contribution in [0.2, 0.25) is 0 Å². The number of benzene rings is 2. The van der Waals surface area contributed by atoms with Gasteiger partial charge < -0.3 is 5.73 Å². The average molecular weight is 291 g/mol. The van der Waals surface area contributed by atoms with E-state index >= 15 is 0 Å². The second-order valence-electron chi connectivity index (χ2n) is 5.56. The Morgan fingerprint density at radius 1 is 1.00 bits per heavy atom. The van der Waals surface area contributed by atoms with E-state index in [-0.39, 0.29) is 0 Å². The molecule has 1 aromatic heterocycles. The molecular weight excluding hydrogens is 270 g/mol. The van der Waals surface area contributed by atoms with Crippen molar-refractivity contribution in [2.75, 3.05) is 6.54 Å². The van der Waals surface area contributed by atoms with E-state index < -0.39 is 0 Å². The Kier molecular flexibility index (Phi) is 4.07. The van der Waals surface area contributed by atoms with Gasteiger partial charge in [-0.25, -0.2) is 4.68 Å². The molecule has 112 valence electrons. The van der Waals surface area contributed by atoms with Crippen LogP contribution in [0.5, 0.6) is 0 Å². The van der Waals surface area contributed by atoms with E-state index in [4.69, 9.17) is 10.8 Å². The van der Waals surface area contributed by atoms with Crippen LogP contribution in [0.1, 0.15) is 16.8 Å². The quantitative estimate of drug-likeness (QED) is 0.797. The van der Waals surface area contributed by atoms with Gasteiger partial charge in [-0.15, -0.1) is 0 Å². The molecule has 0 fully saturated rings. The molecule has 0 amide bonds. The summed E-state index contributed by atoms with van der Waals surface area (Å²) < 4.78 is 2.04. The second-order valence-corrected chi connectivity index (χ2v) is 5.56. The van der Waals surface area contributed by atoms with E-state index in [0.29, 0.717) is 6.54 Å². The third-order valence-corrected chi connectivity index (χ3v) is 4.03. The maximum atomic E-state index is 5.70. The largest absolute Gasteiger partial charge is 0.330 e. The molecule has 0 aliphatic rings. The maximum Gasteiger partial charge on any atom is 0.0743 e. The fourth-order valence-electron chi connectivity index (χ4n) is 2.66. The highest BCUT2D eigenvalue weighted by atomic mass is 15.3. The zero-order chi connectivity index (χ0) is 15.5. The van der Waals surface area contributed by atoms with E-state index in [0.717, 1.165) is 23.5 Å². The van der Waals surface area contributed by atoms with Crippen LogP contribution >= 0.6 is 0 Å². The molecule has 0 aliphatic heterocycles. The molecule has 22 heavy (non-hydrogen) atoms. The molecule has 3 heteroatoms. The maximum absolute atomic E-state index is 5.70. The van der Waals surface area contributed by atoms with Gasteiger partial charge in [0.15, 0.2) is 0 Å². The summed E-state index contributed by atoms with van der Waals surface area (Å²) in [6, 6.07) is 18.8. The highest BCUT2D eigenvalue weighted by Crippen LogP contribution is 2.26. The van der Waals surface area contributed by atoms with E-state index in [1.165, 1.54) is 16.7 Å². The van der Waals surface area contributed by atoms with Crippen LogP contribution in [-0.4, -0.2) is 16.3 Å². The standard InChI is InChI=1S/C19H21N3/c1-14-7-6-10-18(15(14)2)22-19(13-17(21-22)11-12-20)16-8-4-3-5-9-16/h3-10,13H,11-12,20H2,1-2H3. The minimum absolute atomic E-state index is 0.609. The van der Waals surface area contributed by atoms with Crippen LogP contribution in [0.3, 0.4) is 0 Å². The molecule has 0 spiro atoms. The monoisotopic (exact) mass is 291 g/mol. The first-order valence-corrected chi connectivity index (χ1v) is 7.61. The molecular formula is C19H21N3. The van der Waals surface area contributed by atoms with Crippen LogP contribution in [0.15, 0.2) is 54.6 Å². The Bertz CT molecular complexity index is 773. The first-order chi connectivity index (χ1) is 10.7. The van der Waals surface area contributed by atoms with E-state index in [2.05, 4.69) is 62.4 Å². The fraction of sp³-hybridized carbons (Fsp3) is 0.211. The van der Waals surface area contributed by atoms with Crippen LogP contribution in [0, 0.1) is 13.8 Å². The fourth-order valence-corrected chi connectivity index (χ4v) is 2.66. The zero-order valence-electron chi connectivity index (χ0n) is 13.1. The highest BCUT2D eigenvalue weighted by Gasteiger charge is 2.13. The van der Waals surface area contributed by atoms with E-state index in [9.17, 15) is 0 Å². The molecule has 0 radical (unpaired) electrons. The minimum Gasteiger partial charge on any atom is -0.330 e. The van der Waals surface area contributed by atoms with Crippen LogP contribution < -0.4 is 5.73 Å². The summed E-state index contributed by atoms with van der Waals surface area (Å²) in [6.07, 6.45) is 0.789. The van der Waals surface area contributed by atoms with Crippen molar-refractivity contribution in [1.82, 2.24) is 9.78 Å². The predicted molar refractivity (Wildman–Crippen MR) is 91.2 cm³/mol. The molecule has 2 aromatic carbocycles. The van der Waals surface area contributed by atoms with Crippen molar-refractivity contribution in [2.24, 2.45) is 5.73 Å². The van der Waals surface area contributed by atoms with Crippen molar-refractivity contribution >= 4 is 0 Å². The van der Waals surface area contributed by atoms with Crippen LogP contribution in [0.25, 0.3) is 16.9 Å². The normalized spacial score (nSPS) is 10.9. The second kappa shape index (κ2) is 6.16. The summed E-state index contributed by atoms with van der Waals surface area (Å²) in [6.45, 7) is 4.88. The number of aryl methyl sites for hydroxylation is 1. The molecule has 0 unspecified atom stereocenters. The lowest BCUT2D eigenvalue weighted by Crippen LogP contribution is -2.05. The third-order valence-electron chi connectivity index (χ3n) is 4.03. The number of rotatable bonds is 4. The van der Waals surface area contributed by atoms with Crippen molar-refractivity contribution in [2.45, 2.75) is 20.3 Å². The van der Waals surface area contributed by atoms with Gasteiger partial charge in [-0.2, -0.15) is 5.10 Å². The number of hydrogen-bond acceptors (Lipinski definition) is 2. The van der Waals surface area contributed by atoms with Crippen molar-refractivity contribution in [3.63, 3.8) is 0 Å². The summed E-state index contributed by atoms with van der Waals surface area (Å²) in [5.41, 5.74) is 12.7. The lowest BCUT2D eigenvalue weighted by Gasteiger charge is -2.12. The van der Waals surface area contributed by atoms with Crippen LogP contribution in [0.4, 0.5) is 0 Å². The first kappa shape index (κ1) is 14.5. The summed E-state index contributed by atoms with van der Waals surface area (Å²) in [4.78, 5) is 0. The summed E-state index contributed by atoms with van der Waals surface area (Å²) >= 11 is 0. The third kappa shape index (κ3) is 2.68. The SMILES string of the molecule is Cc1cccc(-n2nc(CCN)cc2-c2ccccc2)c1C. The Labute approximate surface area is 131 Å². The number of aromatic nitrogens is 2. The van der Waals surface area contributed by atoms with Gasteiger partial charge in [-0.1, -0.05) is 42.5 Å². The number of nitrogens with two attached hydrogens (primary N) is 1. The molecule has 3 nitrogen and oxygen atoms in total. The van der Waals surface area contributed by atoms with Gasteiger partial charge in [-0.3, -0.25) is 0 Å². The van der Waals surface area contributed by atoms with Gasteiger partial charge in [0.25, 0.3) is 0 Å². The van der Waals surface area contributed by atoms with Crippen molar-refractivity contribution < 1.29 is 0 Å². The van der Waals surface area contributed by atoms with E-state index in [1.54, 1.807) is 0 Å². The smallest absolute Gasteiger partial charge is 0.0743 e. The zero-order valence-corrected chi connectivity index (χ0v) is 13.1. The first-order valence-electron chi connectivity index (χ1n) is 7.61. The predicted octanol–water partition coefficient (Wildman–Crippen LogP) is 3.66. The Morgan fingerprint density at radius 3 is 2.50 bits per heavy atom. The van der Waals surface area contributed by atoms with Crippen molar-refractivity contribution in [3.8, 4) is 16.9 Å². The molecule has 1 heterocycles. The minimum atomic E-state index is 0.609. The van der Waals surface area contributed by atoms with Crippen molar-refractivity contribution in [3.05, 3.63) is 71.4 Å². The molecule has 0 aliphatic carbocycles. The molecule has 0 saturated carbocycles. The van der Waals surface area contributed by atoms with Gasteiger partial charge in [0, 0.05) is 12.0 Å². The lowest BCUT2D eigenvalue weighted by atomic mass is 10.1. The molecule has 0 atom stereocenters. The molecule has 0 saturated heterocycles. The molecule has 0 bridgehead atoms. The highest BCUT2D eigenvalue weighted by molar-refractivity contribution is 5.63. The van der Waals surface area contributed by atoms with E-state index in [1.807, 2.05) is 10.7 Å². The Morgan fingerprint density at radius 2 is 1.77 bits per heavy atom. The van der Waals surface area contributed by atoms with Gasteiger partial charge in [0.1, 0.15) is 0 Å². The van der Waals surface area contributed by atoms with Gasteiger partial charge in [0.05, 0.1) is 17.1 Å². The summed E-state index contributed by atoms with van der Waals surface area (Å²) in [5.74, 6) is 0. The number of nitrogens with zero attached hydrogens (tertiary/aromatic N) is 2. The van der Waals surface area contributed by atoms with Gasteiger partial charge >= 0.3 is 0 Å². The van der Waals surface area contributed by atoms with Crippen molar-refractivity contribution in [1.29, 1.82) is 0 Å². The number of hydrogen-bond donors (Lipinski definition) is 1. The Hall–Kier alpha value is -2.39. The summed E-state index contributed by atoms with van der Waals surface area (Å²) in [5, 5.41) is 4.79. The summed E-state index contributed by atoms with van der Waals surface area (Å²) in [7, 11) is 0.